The molecule has 4 heterocycles. The number of hydrogen-bond acceptors (Lipinski definition) is 6. The summed E-state index contributed by atoms with van der Waals surface area (Å²) in [5.74, 6) is 0.230. The van der Waals surface area contributed by atoms with Crippen LogP contribution in [0.5, 0.6) is 0 Å². The summed E-state index contributed by atoms with van der Waals surface area (Å²) in [6, 6.07) is 7.99. The summed E-state index contributed by atoms with van der Waals surface area (Å²) in [6.07, 6.45) is 0. The summed E-state index contributed by atoms with van der Waals surface area (Å²) in [5, 5.41) is 8.28. The van der Waals surface area contributed by atoms with Gasteiger partial charge in [-0.3, -0.25) is 14.4 Å². The Kier molecular flexibility index (Phi) is 4.94. The molecule has 0 aromatic carbocycles. The van der Waals surface area contributed by atoms with Gasteiger partial charge in [-0.15, -0.1) is 0 Å². The number of amides is 3. The summed E-state index contributed by atoms with van der Waals surface area (Å²) in [5.41, 5.74) is 0. The first-order valence-electron chi connectivity index (χ1n) is 9.53. The van der Waals surface area contributed by atoms with Crippen LogP contribution in [0.2, 0.25) is 0 Å². The number of furan rings is 3. The molecule has 0 saturated carbocycles. The Morgan fingerprint density at radius 2 is 0.800 bits per heavy atom. The monoisotopic (exact) mass is 411 g/mol. The minimum Gasteiger partial charge on any atom is -0.454 e. The first-order chi connectivity index (χ1) is 14.3. The van der Waals surface area contributed by atoms with Crippen LogP contribution in [0.1, 0.15) is 87.8 Å². The molecule has 3 atom stereocenters. The average molecular weight is 411 g/mol. The van der Waals surface area contributed by atoms with Crippen LogP contribution in [0.15, 0.2) is 49.6 Å². The van der Waals surface area contributed by atoms with Crippen LogP contribution in [0.4, 0.5) is 0 Å². The van der Waals surface area contributed by atoms with Crippen LogP contribution in [-0.4, -0.2) is 17.7 Å². The molecule has 0 saturated heterocycles. The molecule has 4 rings (SSSR count). The van der Waals surface area contributed by atoms with E-state index in [-0.39, 0.29) is 17.3 Å². The topological polar surface area (TPSA) is 127 Å². The zero-order chi connectivity index (χ0) is 21.4. The van der Waals surface area contributed by atoms with Crippen molar-refractivity contribution in [3.8, 4) is 0 Å². The van der Waals surface area contributed by atoms with Crippen molar-refractivity contribution in [3.05, 3.63) is 71.0 Å². The molecular formula is C21H21N3O6. The van der Waals surface area contributed by atoms with Crippen LogP contribution in [0.25, 0.3) is 0 Å². The van der Waals surface area contributed by atoms with Crippen LogP contribution in [0, 0.1) is 0 Å². The fraction of sp³-hybridized carbons (Fsp3) is 0.286. The third kappa shape index (κ3) is 3.73. The number of fused-ring (bicyclic) bond motifs is 6. The van der Waals surface area contributed by atoms with E-state index in [0.717, 1.165) is 0 Å². The molecule has 1 aliphatic heterocycles. The number of carbonyl (C=O) groups excluding carboxylic acids is 3. The van der Waals surface area contributed by atoms with Crippen LogP contribution < -0.4 is 16.0 Å². The third-order valence-corrected chi connectivity index (χ3v) is 4.87. The van der Waals surface area contributed by atoms with Crippen molar-refractivity contribution >= 4 is 17.7 Å². The molecule has 6 bridgehead atoms. The van der Waals surface area contributed by atoms with E-state index in [1.54, 1.807) is 39.0 Å². The molecule has 3 aromatic heterocycles. The van der Waals surface area contributed by atoms with Gasteiger partial charge in [-0.05, 0) is 57.2 Å². The van der Waals surface area contributed by atoms with Gasteiger partial charge in [0, 0.05) is 0 Å². The smallest absolute Gasteiger partial charge is 0.287 e. The Morgan fingerprint density at radius 3 is 1.07 bits per heavy atom. The van der Waals surface area contributed by atoms with E-state index in [2.05, 4.69) is 16.0 Å². The van der Waals surface area contributed by atoms with Gasteiger partial charge in [0.15, 0.2) is 17.3 Å². The van der Waals surface area contributed by atoms with Crippen LogP contribution in [-0.2, 0) is 0 Å². The molecule has 9 nitrogen and oxygen atoms in total. The van der Waals surface area contributed by atoms with Gasteiger partial charge in [0.1, 0.15) is 17.3 Å². The molecule has 156 valence electrons. The zero-order valence-electron chi connectivity index (χ0n) is 16.6. The van der Waals surface area contributed by atoms with Crippen molar-refractivity contribution in [2.45, 2.75) is 38.9 Å². The predicted octanol–water partition coefficient (Wildman–Crippen LogP) is 3.25. The van der Waals surface area contributed by atoms with E-state index in [0.29, 0.717) is 17.3 Å². The van der Waals surface area contributed by atoms with Crippen molar-refractivity contribution in [2.75, 3.05) is 0 Å². The minimum atomic E-state index is -0.492. The number of hydrogen-bond donors (Lipinski definition) is 3. The lowest BCUT2D eigenvalue weighted by Gasteiger charge is -2.13. The minimum absolute atomic E-state index is 0.0951. The average Bonchev–Trinajstić information content (AvgIpc) is 3.47. The standard InChI is InChI=1S/C21H21N3O6/c1-10-13-4-7-17(28-13)20(26)23-12(3)15-6-9-18(30-15)21(27)24-11(2)14-5-8-16(29-14)19(25)22-10/h4-12H,1-3H3,(H,22,25)(H,23,26)(H,24,27)/t10-,11-,12-/m0/s1. The highest BCUT2D eigenvalue weighted by Gasteiger charge is 2.24. The van der Waals surface area contributed by atoms with Gasteiger partial charge in [0.2, 0.25) is 0 Å². The van der Waals surface area contributed by atoms with Crippen molar-refractivity contribution in [3.63, 3.8) is 0 Å². The van der Waals surface area contributed by atoms with Gasteiger partial charge in [-0.1, -0.05) is 0 Å². The van der Waals surface area contributed by atoms with Crippen LogP contribution in [0.3, 0.4) is 0 Å². The van der Waals surface area contributed by atoms with E-state index in [4.69, 9.17) is 13.3 Å². The molecule has 0 radical (unpaired) electrons. The summed E-state index contributed by atoms with van der Waals surface area (Å²) in [6.45, 7) is 5.20. The third-order valence-electron chi connectivity index (χ3n) is 4.87. The Balaban J connectivity index is 1.68. The molecule has 3 amide bonds. The second-order valence-electron chi connectivity index (χ2n) is 7.19. The molecule has 3 N–H and O–H groups in total. The zero-order valence-corrected chi connectivity index (χ0v) is 16.6. The Labute approximate surface area is 171 Å². The molecule has 0 unspecified atom stereocenters. The summed E-state index contributed by atoms with van der Waals surface area (Å²) < 4.78 is 16.8. The largest absolute Gasteiger partial charge is 0.454 e. The summed E-state index contributed by atoms with van der Waals surface area (Å²) >= 11 is 0. The fourth-order valence-corrected chi connectivity index (χ4v) is 3.14. The molecule has 30 heavy (non-hydrogen) atoms. The quantitative estimate of drug-likeness (QED) is 0.521. The Hall–Kier alpha value is -3.75. The lowest BCUT2D eigenvalue weighted by molar-refractivity contribution is 0.0892. The van der Waals surface area contributed by atoms with E-state index < -0.39 is 35.8 Å². The maximum Gasteiger partial charge on any atom is 0.287 e. The maximum absolute atomic E-state index is 12.5. The second-order valence-corrected chi connectivity index (χ2v) is 7.19. The van der Waals surface area contributed by atoms with Crippen molar-refractivity contribution in [1.29, 1.82) is 0 Å². The normalized spacial score (nSPS) is 22.5. The molecule has 1 aliphatic rings. The predicted molar refractivity (Wildman–Crippen MR) is 104 cm³/mol. The number of carbonyl (C=O) groups is 3. The van der Waals surface area contributed by atoms with Crippen molar-refractivity contribution < 1.29 is 27.6 Å². The summed E-state index contributed by atoms with van der Waals surface area (Å²) in [7, 11) is 0. The SMILES string of the molecule is C[C@@H]1NC(=O)c2ccc(o2)[C@H](C)NC(=O)c2ccc(o2)[C@H](C)NC(=O)c2ccc1o2. The van der Waals surface area contributed by atoms with E-state index in [9.17, 15) is 14.4 Å². The van der Waals surface area contributed by atoms with E-state index in [1.807, 2.05) is 0 Å². The van der Waals surface area contributed by atoms with Crippen LogP contribution >= 0.6 is 0 Å². The van der Waals surface area contributed by atoms with E-state index in [1.165, 1.54) is 18.2 Å². The number of nitrogens with one attached hydrogen (secondary N) is 3. The first-order valence-corrected chi connectivity index (χ1v) is 9.53. The van der Waals surface area contributed by atoms with Crippen molar-refractivity contribution in [2.24, 2.45) is 0 Å². The second kappa shape index (κ2) is 7.58. The Bertz CT molecular complexity index is 969. The molecule has 0 fully saturated rings. The van der Waals surface area contributed by atoms with Gasteiger partial charge in [0.05, 0.1) is 18.1 Å². The highest BCUT2D eigenvalue weighted by atomic mass is 16.4. The fourth-order valence-electron chi connectivity index (χ4n) is 3.14. The first kappa shape index (κ1) is 19.6. The molecular weight excluding hydrogens is 390 g/mol. The van der Waals surface area contributed by atoms with Gasteiger partial charge in [-0.25, -0.2) is 0 Å². The molecule has 3 aromatic rings. The lowest BCUT2D eigenvalue weighted by Crippen LogP contribution is -2.28. The lowest BCUT2D eigenvalue weighted by atomic mass is 10.2. The molecule has 0 spiro atoms. The van der Waals surface area contributed by atoms with E-state index >= 15 is 0 Å². The molecule has 9 heteroatoms. The van der Waals surface area contributed by atoms with Gasteiger partial charge in [0.25, 0.3) is 17.7 Å². The van der Waals surface area contributed by atoms with Gasteiger partial charge >= 0.3 is 0 Å². The Morgan fingerprint density at radius 1 is 0.533 bits per heavy atom. The highest BCUT2D eigenvalue weighted by molar-refractivity contribution is 5.93. The number of rotatable bonds is 0. The molecule has 0 aliphatic carbocycles. The van der Waals surface area contributed by atoms with Gasteiger partial charge < -0.3 is 29.2 Å². The maximum atomic E-state index is 12.5. The van der Waals surface area contributed by atoms with Crippen molar-refractivity contribution in [1.82, 2.24) is 16.0 Å². The highest BCUT2D eigenvalue weighted by Crippen LogP contribution is 2.22. The summed E-state index contributed by atoms with van der Waals surface area (Å²) in [4.78, 5) is 37.5. The van der Waals surface area contributed by atoms with Gasteiger partial charge in [-0.2, -0.15) is 0 Å².